The Hall–Kier alpha value is -1.86. The van der Waals surface area contributed by atoms with Crippen molar-refractivity contribution >= 4 is 31.6 Å². The summed E-state index contributed by atoms with van der Waals surface area (Å²) in [5.41, 5.74) is 0.319. The Morgan fingerprint density at radius 3 is 2.15 bits per heavy atom. The maximum Gasteiger partial charge on any atom is 0.426 e. The van der Waals surface area contributed by atoms with Crippen molar-refractivity contribution in [3.05, 3.63) is 29.8 Å². The van der Waals surface area contributed by atoms with Gasteiger partial charge in [-0.05, 0) is 24.3 Å². The fourth-order valence-electron chi connectivity index (χ4n) is 2.36. The minimum Gasteiger partial charge on any atom is -0.448 e. The van der Waals surface area contributed by atoms with E-state index in [2.05, 4.69) is 4.74 Å². The van der Waals surface area contributed by atoms with E-state index < -0.39 is 44.0 Å². The van der Waals surface area contributed by atoms with E-state index in [1.165, 1.54) is 24.3 Å². The van der Waals surface area contributed by atoms with Gasteiger partial charge in [0, 0.05) is 18.8 Å². The van der Waals surface area contributed by atoms with Crippen molar-refractivity contribution in [3.8, 4) is 0 Å². The number of hydrogen-bond acceptors (Lipinski definition) is 7. The van der Waals surface area contributed by atoms with Gasteiger partial charge in [-0.25, -0.2) is 13.2 Å². The van der Waals surface area contributed by atoms with Gasteiger partial charge >= 0.3 is 12.1 Å². The highest BCUT2D eigenvalue weighted by Crippen LogP contribution is 2.25. The summed E-state index contributed by atoms with van der Waals surface area (Å²) >= 11 is 0. The monoisotopic (exact) mass is 431 g/mol. The van der Waals surface area contributed by atoms with Crippen LogP contribution in [0.25, 0.3) is 0 Å². The number of esters is 1. The van der Waals surface area contributed by atoms with Gasteiger partial charge < -0.3 is 9.64 Å². The topological polar surface area (TPSA) is 118 Å². The van der Waals surface area contributed by atoms with Crippen LogP contribution in [0.2, 0.25) is 0 Å². The van der Waals surface area contributed by atoms with Crippen molar-refractivity contribution in [1.29, 1.82) is 0 Å². The number of ether oxygens (including phenoxy) is 1. The molecular formula is C14H16F3NO7S2. The molecule has 152 valence electrons. The zero-order valence-electron chi connectivity index (χ0n) is 13.7. The van der Waals surface area contributed by atoms with Gasteiger partial charge in [0.15, 0.2) is 9.84 Å². The molecule has 1 heterocycles. The lowest BCUT2D eigenvalue weighted by Crippen LogP contribution is -2.40. The predicted molar refractivity (Wildman–Crippen MR) is 89.0 cm³/mol. The number of halogens is 3. The van der Waals surface area contributed by atoms with Crippen LogP contribution in [0.15, 0.2) is 24.3 Å². The van der Waals surface area contributed by atoms with Crippen molar-refractivity contribution < 1.29 is 44.1 Å². The van der Waals surface area contributed by atoms with Gasteiger partial charge in [-0.2, -0.15) is 21.6 Å². The van der Waals surface area contributed by atoms with Crippen molar-refractivity contribution in [2.24, 2.45) is 0 Å². The number of carbonyl (C=O) groups is 1. The van der Waals surface area contributed by atoms with E-state index in [9.17, 15) is 34.8 Å². The van der Waals surface area contributed by atoms with Crippen molar-refractivity contribution in [3.63, 3.8) is 0 Å². The average Bonchev–Trinajstić information content (AvgIpc) is 2.52. The molecule has 8 nitrogen and oxygen atoms in total. The number of alkyl halides is 3. The molecule has 1 aliphatic heterocycles. The summed E-state index contributed by atoms with van der Waals surface area (Å²) in [5, 5.41) is 0. The Kier molecular flexibility index (Phi) is 6.06. The normalized spacial score (nSPS) is 18.7. The summed E-state index contributed by atoms with van der Waals surface area (Å²) < 4.78 is 95.3. The first-order chi connectivity index (χ1) is 12.3. The van der Waals surface area contributed by atoms with Crippen LogP contribution in [0.1, 0.15) is 10.4 Å². The van der Waals surface area contributed by atoms with E-state index in [4.69, 9.17) is 4.55 Å². The quantitative estimate of drug-likeness (QED) is 0.540. The third-order valence-corrected chi connectivity index (χ3v) is 6.12. The zero-order valence-corrected chi connectivity index (χ0v) is 15.3. The molecule has 1 saturated heterocycles. The number of nitrogens with zero attached hydrogens (tertiary/aromatic N) is 1. The number of anilines is 1. The molecule has 2 rings (SSSR count). The van der Waals surface area contributed by atoms with Crippen molar-refractivity contribution in [2.45, 2.75) is 12.3 Å². The molecule has 1 aromatic rings. The number of rotatable bonds is 5. The van der Waals surface area contributed by atoms with E-state index in [0.29, 0.717) is 5.69 Å². The summed E-state index contributed by atoms with van der Waals surface area (Å²) in [6.45, 7) is 0.493. The molecule has 0 aromatic heterocycles. The molecular weight excluding hydrogens is 415 g/mol. The van der Waals surface area contributed by atoms with Gasteiger partial charge in [0.1, 0.15) is 5.75 Å². The molecule has 1 atom stereocenters. The second-order valence-electron chi connectivity index (χ2n) is 5.87. The van der Waals surface area contributed by atoms with Gasteiger partial charge in [0.05, 0.1) is 17.1 Å². The highest BCUT2D eigenvalue weighted by molar-refractivity contribution is 7.91. The molecule has 0 bridgehead atoms. The largest absolute Gasteiger partial charge is 0.448 e. The Labute approximate surface area is 153 Å². The Bertz CT molecular complexity index is 882. The maximum absolute atomic E-state index is 12.8. The Balaban J connectivity index is 2.08. The third-order valence-electron chi connectivity index (χ3n) is 3.79. The average molecular weight is 431 g/mol. The Morgan fingerprint density at radius 1 is 1.19 bits per heavy atom. The van der Waals surface area contributed by atoms with Crippen LogP contribution in [-0.2, 0) is 24.7 Å². The van der Waals surface area contributed by atoms with Gasteiger partial charge in [0.25, 0.3) is 10.1 Å². The molecule has 1 unspecified atom stereocenters. The first-order valence-electron chi connectivity index (χ1n) is 7.55. The van der Waals surface area contributed by atoms with E-state index in [-0.39, 0.29) is 30.2 Å². The number of carbonyl (C=O) groups excluding carboxylic acids is 1. The number of sulfone groups is 1. The first kappa shape index (κ1) is 21.4. The van der Waals surface area contributed by atoms with Gasteiger partial charge in [-0.1, -0.05) is 0 Å². The lowest BCUT2D eigenvalue weighted by Gasteiger charge is -2.28. The molecule has 0 amide bonds. The highest BCUT2D eigenvalue weighted by Gasteiger charge is 2.45. The molecule has 1 N–H and O–H groups in total. The van der Waals surface area contributed by atoms with E-state index in [1.54, 1.807) is 4.90 Å². The smallest absolute Gasteiger partial charge is 0.426 e. The first-order valence-corrected chi connectivity index (χ1v) is 11.0. The van der Waals surface area contributed by atoms with Gasteiger partial charge in [-0.3, -0.25) is 4.55 Å². The summed E-state index contributed by atoms with van der Waals surface area (Å²) in [7, 11) is -8.10. The molecule has 1 fully saturated rings. The standard InChI is InChI=1S/C14H16F3NO7S2/c15-14(16,17)12(9-27(22,23)24)25-13(19)10-1-3-11(4-2-10)18-5-7-26(20,21)8-6-18/h1-4,12H,5-9H2,(H,22,23,24). The lowest BCUT2D eigenvalue weighted by molar-refractivity contribution is -0.197. The molecule has 1 aliphatic rings. The fraction of sp³-hybridized carbons (Fsp3) is 0.500. The van der Waals surface area contributed by atoms with Crippen LogP contribution < -0.4 is 4.90 Å². The van der Waals surface area contributed by atoms with Crippen LogP contribution in [0.5, 0.6) is 0 Å². The Morgan fingerprint density at radius 2 is 1.70 bits per heavy atom. The van der Waals surface area contributed by atoms with Gasteiger partial charge in [0.2, 0.25) is 6.10 Å². The van der Waals surface area contributed by atoms with Crippen molar-refractivity contribution in [2.75, 3.05) is 35.2 Å². The summed E-state index contributed by atoms with van der Waals surface area (Å²) in [6, 6.07) is 5.20. The number of benzene rings is 1. The maximum atomic E-state index is 12.8. The third kappa shape index (κ3) is 6.36. The van der Waals surface area contributed by atoms with E-state index in [0.717, 1.165) is 0 Å². The second kappa shape index (κ2) is 7.64. The molecule has 1 aromatic carbocycles. The highest BCUT2D eigenvalue weighted by atomic mass is 32.2. The summed E-state index contributed by atoms with van der Waals surface area (Å²) in [4.78, 5) is 13.6. The van der Waals surface area contributed by atoms with E-state index >= 15 is 0 Å². The lowest BCUT2D eigenvalue weighted by atomic mass is 10.2. The van der Waals surface area contributed by atoms with Gasteiger partial charge in [-0.15, -0.1) is 0 Å². The molecule has 27 heavy (non-hydrogen) atoms. The zero-order chi connectivity index (χ0) is 20.5. The minimum absolute atomic E-state index is 0.0281. The van der Waals surface area contributed by atoms with Crippen LogP contribution >= 0.6 is 0 Å². The minimum atomic E-state index is -5.18. The molecule has 0 aliphatic carbocycles. The fourth-order valence-corrected chi connectivity index (χ4v) is 4.20. The molecule has 0 spiro atoms. The van der Waals surface area contributed by atoms with Crippen LogP contribution in [0.4, 0.5) is 18.9 Å². The predicted octanol–water partition coefficient (Wildman–Crippen LogP) is 0.897. The summed E-state index contributed by atoms with van der Waals surface area (Å²) in [6.07, 6.45) is -8.18. The summed E-state index contributed by atoms with van der Waals surface area (Å²) in [5.74, 6) is -3.27. The van der Waals surface area contributed by atoms with Crippen LogP contribution in [-0.4, -0.2) is 70.0 Å². The number of hydrogen-bond donors (Lipinski definition) is 1. The second-order valence-corrected chi connectivity index (χ2v) is 9.67. The van der Waals surface area contributed by atoms with Crippen molar-refractivity contribution in [1.82, 2.24) is 0 Å². The SMILES string of the molecule is O=C(OC(CS(=O)(=O)O)C(F)(F)F)c1ccc(N2CCS(=O)(=O)CC2)cc1. The molecule has 13 heteroatoms. The van der Waals surface area contributed by atoms with Crippen LogP contribution in [0, 0.1) is 0 Å². The van der Waals surface area contributed by atoms with Crippen LogP contribution in [0.3, 0.4) is 0 Å². The molecule has 0 radical (unpaired) electrons. The molecule has 0 saturated carbocycles. The van der Waals surface area contributed by atoms with E-state index in [1.807, 2.05) is 0 Å².